The molecule has 5 aromatic carbocycles. The van der Waals surface area contributed by atoms with Gasteiger partial charge in [-0.25, -0.2) is 0 Å². The number of ether oxygens (including phenoxy) is 1. The maximum atomic E-state index is 12.2. The average Bonchev–Trinajstić information content (AvgIpc) is 3.34. The second-order valence-corrected chi connectivity index (χ2v) is 12.6. The van der Waals surface area contributed by atoms with Crippen molar-refractivity contribution in [2.75, 3.05) is 25.2 Å². The van der Waals surface area contributed by atoms with E-state index in [0.29, 0.717) is 24.5 Å². The Balaban J connectivity index is 0.00000400. The van der Waals surface area contributed by atoms with Crippen LogP contribution in [0.15, 0.2) is 97.1 Å². The maximum absolute atomic E-state index is 12.2. The first-order chi connectivity index (χ1) is 21.1. The van der Waals surface area contributed by atoms with Crippen molar-refractivity contribution in [2.45, 2.75) is 40.0 Å². The predicted molar refractivity (Wildman–Crippen MR) is 183 cm³/mol. The van der Waals surface area contributed by atoms with Crippen molar-refractivity contribution in [3.05, 3.63) is 114 Å². The van der Waals surface area contributed by atoms with Gasteiger partial charge < -0.3 is 24.4 Å². The molecule has 0 amide bonds. The summed E-state index contributed by atoms with van der Waals surface area (Å²) in [6.45, 7) is 11.4. The number of benzene rings is 5. The van der Waals surface area contributed by atoms with Crippen LogP contribution in [0.1, 0.15) is 37.5 Å². The van der Waals surface area contributed by atoms with Crippen LogP contribution in [0.25, 0.3) is 38.6 Å². The number of rotatable bonds is 7. The number of methoxy groups -OCH3 is 1. The Labute approximate surface area is 284 Å². The number of aryl methyl sites for hydroxylation is 2. The molecule has 0 fully saturated rings. The molecule has 1 aromatic heterocycles. The summed E-state index contributed by atoms with van der Waals surface area (Å²) in [5.41, 5.74) is 8.74. The van der Waals surface area contributed by atoms with Gasteiger partial charge >= 0.3 is 0 Å². The molecule has 0 aliphatic heterocycles. The zero-order valence-electron chi connectivity index (χ0n) is 26.8. The van der Waals surface area contributed by atoms with Gasteiger partial charge in [-0.05, 0) is 66.8 Å². The summed E-state index contributed by atoms with van der Waals surface area (Å²) in [6, 6.07) is 32.9. The quantitative estimate of drug-likeness (QED) is 0.177. The van der Waals surface area contributed by atoms with Crippen LogP contribution in [-0.2, 0) is 36.4 Å². The van der Waals surface area contributed by atoms with Gasteiger partial charge in [0.2, 0.25) is 0 Å². The first-order valence-corrected chi connectivity index (χ1v) is 15.1. The third-order valence-electron chi connectivity index (χ3n) is 8.39. The number of hydrogen-bond acceptors (Lipinski definition) is 4. The Kier molecular flexibility index (Phi) is 9.30. The number of anilines is 2. The number of para-hydroxylation sites is 3. The molecule has 0 saturated heterocycles. The first-order valence-electron chi connectivity index (χ1n) is 15.1. The normalized spacial score (nSPS) is 11.6. The zero-order valence-corrected chi connectivity index (χ0v) is 29.3. The summed E-state index contributed by atoms with van der Waals surface area (Å²) >= 11 is 0. The largest absolute Gasteiger partial charge is 0.507 e. The molecule has 5 nitrogen and oxygen atoms in total. The molecule has 0 aliphatic rings. The van der Waals surface area contributed by atoms with Crippen molar-refractivity contribution in [3.63, 3.8) is 0 Å². The van der Waals surface area contributed by atoms with E-state index in [-0.39, 0.29) is 43.1 Å². The van der Waals surface area contributed by atoms with E-state index in [1.54, 1.807) is 7.11 Å². The van der Waals surface area contributed by atoms with E-state index in [9.17, 15) is 10.2 Å². The van der Waals surface area contributed by atoms with Crippen molar-refractivity contribution in [2.24, 2.45) is 0 Å². The third-order valence-corrected chi connectivity index (χ3v) is 8.39. The Hall–Kier alpha value is -3.86. The molecule has 6 heteroatoms. The number of aromatic nitrogens is 1. The van der Waals surface area contributed by atoms with Crippen molar-refractivity contribution in [1.82, 2.24) is 4.57 Å². The summed E-state index contributed by atoms with van der Waals surface area (Å²) in [6.07, 6.45) is 0. The number of phenols is 2. The van der Waals surface area contributed by atoms with Crippen molar-refractivity contribution < 1.29 is 41.2 Å². The number of aromatic hydroxyl groups is 2. The summed E-state index contributed by atoms with van der Waals surface area (Å²) in [5.74, 6) is 0.457. The molecule has 0 radical (unpaired) electrons. The van der Waals surface area contributed by atoms with Gasteiger partial charge in [0.1, 0.15) is 5.75 Å². The minimum atomic E-state index is -0.235. The second-order valence-electron chi connectivity index (χ2n) is 12.6. The van der Waals surface area contributed by atoms with Gasteiger partial charge in [0.25, 0.3) is 0 Å². The van der Waals surface area contributed by atoms with E-state index in [1.807, 2.05) is 54.6 Å². The molecule has 0 aliphatic carbocycles. The molecule has 0 unspecified atom stereocenters. The first kappa shape index (κ1) is 32.5. The number of nitrogens with zero attached hydrogens (tertiary/aromatic N) is 2. The Morgan fingerprint density at radius 3 is 1.89 bits per heavy atom. The third kappa shape index (κ3) is 5.94. The van der Waals surface area contributed by atoms with Crippen molar-refractivity contribution in [1.29, 1.82) is 0 Å². The summed E-state index contributed by atoms with van der Waals surface area (Å²) in [4.78, 5) is 2.11. The van der Waals surface area contributed by atoms with Gasteiger partial charge in [0.05, 0.1) is 29.0 Å². The molecule has 0 atom stereocenters. The van der Waals surface area contributed by atoms with Gasteiger partial charge in [-0.3, -0.25) is 0 Å². The van der Waals surface area contributed by atoms with Crippen LogP contribution < -0.4 is 4.90 Å². The topological polar surface area (TPSA) is 57.9 Å². The van der Waals surface area contributed by atoms with Gasteiger partial charge in [-0.2, -0.15) is 0 Å². The molecule has 1 heterocycles. The summed E-state index contributed by atoms with van der Waals surface area (Å²) < 4.78 is 7.73. The minimum absolute atomic E-state index is 0. The molecular weight excluding hydrogens is 636 g/mol. The molecule has 0 bridgehead atoms. The number of phenolic OH excluding ortho intramolecular Hbond substituents is 2. The zero-order chi connectivity index (χ0) is 31.2. The Morgan fingerprint density at radius 1 is 0.689 bits per heavy atom. The Bertz CT molecular complexity index is 1950. The molecular formula is C39H40N2O3Zr. The average molecular weight is 676 g/mol. The number of hydrogen-bond donors (Lipinski definition) is 2. The van der Waals surface area contributed by atoms with E-state index in [0.717, 1.165) is 55.3 Å². The molecule has 0 saturated carbocycles. The molecule has 45 heavy (non-hydrogen) atoms. The van der Waals surface area contributed by atoms with Gasteiger partial charge in [0.15, 0.2) is 5.75 Å². The van der Waals surface area contributed by atoms with E-state index in [2.05, 4.69) is 86.6 Å². The standard InChI is InChI=1S/C39H40N2O3.Zr/c1-25-21-30(37(42)31(22-25)39(3,4)5)29-15-7-10-16-32(29)40(19-20-44-6)35-23-26(2)24-36(38(35)43)41-33-17-11-8-13-27(33)28-14-9-12-18-34(28)41;/h7-18,21-24,42-43H,19-20H2,1-6H3;. The molecule has 6 rings (SSSR count). The van der Waals surface area contributed by atoms with Crippen molar-refractivity contribution in [3.8, 4) is 28.3 Å². The van der Waals surface area contributed by atoms with Crippen LogP contribution in [-0.4, -0.2) is 35.0 Å². The SMILES string of the molecule is COCCN(c1ccccc1-c1cc(C)cc(C(C)(C)C)c1O)c1cc(C)cc(-n2c3ccccc3c3ccccc32)c1O.[Zr]. The summed E-state index contributed by atoms with van der Waals surface area (Å²) in [5, 5.41) is 26.1. The Morgan fingerprint density at radius 2 is 1.27 bits per heavy atom. The van der Waals surface area contributed by atoms with Crippen molar-refractivity contribution >= 4 is 33.2 Å². The second kappa shape index (κ2) is 12.9. The van der Waals surface area contributed by atoms with Crippen LogP contribution in [0.3, 0.4) is 0 Å². The fourth-order valence-electron chi connectivity index (χ4n) is 6.35. The maximum Gasteiger partial charge on any atom is 0.163 e. The number of fused-ring (bicyclic) bond motifs is 3. The smallest absolute Gasteiger partial charge is 0.163 e. The van der Waals surface area contributed by atoms with Gasteiger partial charge in [-0.15, -0.1) is 0 Å². The molecule has 6 aromatic rings. The van der Waals surface area contributed by atoms with Gasteiger partial charge in [-0.1, -0.05) is 81.4 Å². The van der Waals surface area contributed by atoms with Gasteiger partial charge in [0, 0.05) is 73.0 Å². The van der Waals surface area contributed by atoms with Crippen LogP contribution >= 0.6 is 0 Å². The minimum Gasteiger partial charge on any atom is -0.507 e. The summed E-state index contributed by atoms with van der Waals surface area (Å²) in [7, 11) is 1.69. The predicted octanol–water partition coefficient (Wildman–Crippen LogP) is 9.56. The molecule has 228 valence electrons. The van der Waals surface area contributed by atoms with Crippen LogP contribution in [0.2, 0.25) is 0 Å². The molecule has 0 spiro atoms. The monoisotopic (exact) mass is 674 g/mol. The van der Waals surface area contributed by atoms with E-state index >= 15 is 0 Å². The van der Waals surface area contributed by atoms with Crippen LogP contribution in [0, 0.1) is 13.8 Å². The molecule has 2 N–H and O–H groups in total. The fourth-order valence-corrected chi connectivity index (χ4v) is 6.35. The van der Waals surface area contributed by atoms with E-state index < -0.39 is 0 Å². The van der Waals surface area contributed by atoms with E-state index in [1.165, 1.54) is 0 Å². The fraction of sp³-hybridized carbons (Fsp3) is 0.231. The van der Waals surface area contributed by atoms with Crippen LogP contribution in [0.5, 0.6) is 11.5 Å². The van der Waals surface area contributed by atoms with E-state index in [4.69, 9.17) is 4.74 Å². The van der Waals surface area contributed by atoms with Crippen LogP contribution in [0.4, 0.5) is 11.4 Å².